The first-order valence-electron chi connectivity index (χ1n) is 5.97. The number of carboxylic acid groups (broad SMARTS) is 1. The molecule has 0 fully saturated rings. The predicted molar refractivity (Wildman–Crippen MR) is 65.6 cm³/mol. The first-order chi connectivity index (χ1) is 7.82. The molecule has 0 aromatic heterocycles. The molecule has 1 N–H and O–H groups in total. The molecular formula is C13H22O4. The molecule has 0 amide bonds. The number of hydrogen-bond acceptors (Lipinski definition) is 3. The Labute approximate surface area is 103 Å². The largest absolute Gasteiger partial charge is 0.478 e. The van der Waals surface area contributed by atoms with Crippen LogP contribution in [-0.4, -0.2) is 23.7 Å². The van der Waals surface area contributed by atoms with Crippen LogP contribution in [-0.2, 0) is 14.3 Å². The normalized spacial score (nSPS) is 12.6. The third-order valence-corrected chi connectivity index (χ3v) is 2.33. The van der Waals surface area contributed by atoms with Gasteiger partial charge in [0.25, 0.3) is 0 Å². The Kier molecular flexibility index (Phi) is 6.54. The molecule has 17 heavy (non-hydrogen) atoms. The van der Waals surface area contributed by atoms with Crippen LogP contribution in [0.1, 0.15) is 41.0 Å². The molecule has 0 spiro atoms. The predicted octanol–water partition coefficient (Wildman–Crippen LogP) is 2.63. The van der Waals surface area contributed by atoms with Crippen molar-refractivity contribution in [2.75, 3.05) is 6.61 Å². The van der Waals surface area contributed by atoms with Crippen molar-refractivity contribution in [3.63, 3.8) is 0 Å². The summed E-state index contributed by atoms with van der Waals surface area (Å²) in [6, 6.07) is 0. The lowest BCUT2D eigenvalue weighted by Crippen LogP contribution is -2.21. The van der Waals surface area contributed by atoms with Gasteiger partial charge in [-0.15, -0.1) is 0 Å². The van der Waals surface area contributed by atoms with Crippen LogP contribution in [0.2, 0.25) is 0 Å². The van der Waals surface area contributed by atoms with Gasteiger partial charge in [0.05, 0.1) is 17.8 Å². The van der Waals surface area contributed by atoms with Crippen molar-refractivity contribution >= 4 is 11.9 Å². The van der Waals surface area contributed by atoms with E-state index >= 15 is 0 Å². The molecule has 0 unspecified atom stereocenters. The molecule has 0 aliphatic carbocycles. The molecule has 0 atom stereocenters. The highest BCUT2D eigenvalue weighted by Gasteiger charge is 2.26. The molecule has 0 rings (SSSR count). The number of carbonyl (C=O) groups excluding carboxylic acids is 1. The van der Waals surface area contributed by atoms with Gasteiger partial charge in [0, 0.05) is 0 Å². The van der Waals surface area contributed by atoms with E-state index in [2.05, 4.69) is 0 Å². The minimum absolute atomic E-state index is 0.154. The number of carboxylic acids is 1. The van der Waals surface area contributed by atoms with Gasteiger partial charge in [0.1, 0.15) is 0 Å². The van der Waals surface area contributed by atoms with Gasteiger partial charge in [0.2, 0.25) is 0 Å². The van der Waals surface area contributed by atoms with Crippen molar-refractivity contribution in [1.29, 1.82) is 0 Å². The standard InChI is InChI=1S/C13H22O4/c1-6-7-17-13(16)11(9(4)5)10(8(2)3)12(14)15/h8-9H,6-7H2,1-5H3,(H,14,15)/b11-10+. The number of hydrogen-bond donors (Lipinski definition) is 1. The molecule has 0 saturated carbocycles. The van der Waals surface area contributed by atoms with E-state index in [4.69, 9.17) is 4.74 Å². The highest BCUT2D eigenvalue weighted by molar-refractivity contribution is 6.00. The molecule has 0 aliphatic rings. The third kappa shape index (κ3) is 4.59. The second-order valence-electron chi connectivity index (χ2n) is 4.58. The number of rotatable bonds is 6. The SMILES string of the molecule is CCCOC(=O)/C(=C(/C(=O)O)C(C)C)C(C)C. The molecule has 0 heterocycles. The van der Waals surface area contributed by atoms with Gasteiger partial charge in [-0.2, -0.15) is 0 Å². The monoisotopic (exact) mass is 242 g/mol. The van der Waals surface area contributed by atoms with Gasteiger partial charge in [0.15, 0.2) is 0 Å². The lowest BCUT2D eigenvalue weighted by molar-refractivity contribution is -0.141. The van der Waals surface area contributed by atoms with Crippen molar-refractivity contribution in [3.05, 3.63) is 11.1 Å². The fraction of sp³-hybridized carbons (Fsp3) is 0.692. The van der Waals surface area contributed by atoms with E-state index < -0.39 is 11.9 Å². The summed E-state index contributed by atoms with van der Waals surface area (Å²) in [4.78, 5) is 23.0. The molecule has 0 aromatic carbocycles. The van der Waals surface area contributed by atoms with Gasteiger partial charge in [-0.05, 0) is 18.3 Å². The Morgan fingerprint density at radius 2 is 1.53 bits per heavy atom. The summed E-state index contributed by atoms with van der Waals surface area (Å²) in [5.41, 5.74) is 0.432. The highest BCUT2D eigenvalue weighted by atomic mass is 16.5. The van der Waals surface area contributed by atoms with Gasteiger partial charge in [-0.3, -0.25) is 0 Å². The van der Waals surface area contributed by atoms with E-state index in [0.717, 1.165) is 6.42 Å². The summed E-state index contributed by atoms with van der Waals surface area (Å²) in [5, 5.41) is 9.17. The zero-order valence-electron chi connectivity index (χ0n) is 11.2. The first kappa shape index (κ1) is 15.7. The molecule has 4 heteroatoms. The van der Waals surface area contributed by atoms with E-state index in [1.54, 1.807) is 27.7 Å². The van der Waals surface area contributed by atoms with Crippen molar-refractivity contribution in [1.82, 2.24) is 0 Å². The average molecular weight is 242 g/mol. The van der Waals surface area contributed by atoms with Gasteiger partial charge < -0.3 is 9.84 Å². The van der Waals surface area contributed by atoms with E-state index in [-0.39, 0.29) is 23.0 Å². The van der Waals surface area contributed by atoms with Crippen LogP contribution in [0, 0.1) is 11.8 Å². The topological polar surface area (TPSA) is 63.6 Å². The van der Waals surface area contributed by atoms with E-state index in [0.29, 0.717) is 6.61 Å². The van der Waals surface area contributed by atoms with Crippen LogP contribution in [0.15, 0.2) is 11.1 Å². The first-order valence-corrected chi connectivity index (χ1v) is 5.97. The molecule has 0 bridgehead atoms. The van der Waals surface area contributed by atoms with Gasteiger partial charge in [-0.1, -0.05) is 34.6 Å². The van der Waals surface area contributed by atoms with Crippen LogP contribution in [0.25, 0.3) is 0 Å². The van der Waals surface area contributed by atoms with E-state index in [1.807, 2.05) is 6.92 Å². The quantitative estimate of drug-likeness (QED) is 0.574. The number of carbonyl (C=O) groups is 2. The van der Waals surface area contributed by atoms with Crippen LogP contribution in [0.3, 0.4) is 0 Å². The maximum atomic E-state index is 11.9. The fourth-order valence-electron chi connectivity index (χ4n) is 1.60. The van der Waals surface area contributed by atoms with Crippen LogP contribution in [0.5, 0.6) is 0 Å². The Morgan fingerprint density at radius 1 is 1.06 bits per heavy atom. The maximum absolute atomic E-state index is 11.9. The van der Waals surface area contributed by atoms with Crippen LogP contribution >= 0.6 is 0 Å². The fourth-order valence-corrected chi connectivity index (χ4v) is 1.60. The minimum atomic E-state index is -1.04. The van der Waals surface area contributed by atoms with Crippen molar-refractivity contribution in [2.24, 2.45) is 11.8 Å². The van der Waals surface area contributed by atoms with Crippen LogP contribution < -0.4 is 0 Å². The zero-order valence-corrected chi connectivity index (χ0v) is 11.2. The molecule has 0 saturated heterocycles. The summed E-state index contributed by atoms with van der Waals surface area (Å²) < 4.78 is 5.04. The van der Waals surface area contributed by atoms with E-state index in [9.17, 15) is 14.7 Å². The van der Waals surface area contributed by atoms with Gasteiger partial charge >= 0.3 is 11.9 Å². The Bertz CT molecular complexity index is 313. The number of ether oxygens (including phenoxy) is 1. The lowest BCUT2D eigenvalue weighted by atomic mass is 9.90. The Morgan fingerprint density at radius 3 is 1.82 bits per heavy atom. The Hall–Kier alpha value is -1.32. The highest BCUT2D eigenvalue weighted by Crippen LogP contribution is 2.23. The third-order valence-electron chi connectivity index (χ3n) is 2.33. The average Bonchev–Trinajstić information content (AvgIpc) is 2.20. The molecule has 4 nitrogen and oxygen atoms in total. The van der Waals surface area contributed by atoms with E-state index in [1.165, 1.54) is 0 Å². The molecule has 0 aliphatic heterocycles. The van der Waals surface area contributed by atoms with Gasteiger partial charge in [-0.25, -0.2) is 9.59 Å². The summed E-state index contributed by atoms with van der Waals surface area (Å²) in [6.45, 7) is 9.34. The number of aliphatic carboxylic acids is 1. The van der Waals surface area contributed by atoms with Crippen LogP contribution in [0.4, 0.5) is 0 Å². The summed E-state index contributed by atoms with van der Waals surface area (Å²) >= 11 is 0. The minimum Gasteiger partial charge on any atom is -0.478 e. The summed E-state index contributed by atoms with van der Waals surface area (Å²) in [5.74, 6) is -1.92. The zero-order chi connectivity index (χ0) is 13.6. The summed E-state index contributed by atoms with van der Waals surface area (Å²) in [7, 11) is 0. The molecular weight excluding hydrogens is 220 g/mol. The molecule has 98 valence electrons. The molecule has 0 radical (unpaired) electrons. The number of esters is 1. The second kappa shape index (κ2) is 7.09. The van der Waals surface area contributed by atoms with Crippen molar-refractivity contribution < 1.29 is 19.4 Å². The van der Waals surface area contributed by atoms with Crippen molar-refractivity contribution in [3.8, 4) is 0 Å². The second-order valence-corrected chi connectivity index (χ2v) is 4.58. The molecule has 0 aromatic rings. The summed E-state index contributed by atoms with van der Waals surface area (Å²) in [6.07, 6.45) is 0.723. The Balaban J connectivity index is 5.36. The maximum Gasteiger partial charge on any atom is 0.334 e. The van der Waals surface area contributed by atoms with Crippen molar-refractivity contribution in [2.45, 2.75) is 41.0 Å². The smallest absolute Gasteiger partial charge is 0.334 e. The lowest BCUT2D eigenvalue weighted by Gasteiger charge is -2.17.